The topological polar surface area (TPSA) is 44.7 Å². The molecule has 0 radical (unpaired) electrons. The van der Waals surface area contributed by atoms with Gasteiger partial charge in [-0.05, 0) is 31.1 Å². The number of methoxy groups -OCH3 is 1. The number of hydrogen-bond acceptors (Lipinski definition) is 4. The summed E-state index contributed by atoms with van der Waals surface area (Å²) in [5.74, 6) is 0.694. The Balaban J connectivity index is 3.36. The number of anilines is 1. The molecular formula is C14H24N2O2. The molecule has 2 N–H and O–H groups in total. The number of benzene rings is 1. The van der Waals surface area contributed by atoms with Crippen molar-refractivity contribution in [3.05, 3.63) is 23.3 Å². The lowest BCUT2D eigenvalue weighted by molar-refractivity contribution is 0.358. The molecule has 0 aliphatic heterocycles. The molecule has 0 heterocycles. The van der Waals surface area contributed by atoms with Gasteiger partial charge in [-0.2, -0.15) is 0 Å². The first kappa shape index (κ1) is 14.8. The first-order chi connectivity index (χ1) is 8.29. The number of hydrogen-bond donors (Lipinski definition) is 2. The van der Waals surface area contributed by atoms with E-state index in [1.807, 2.05) is 20.2 Å². The van der Waals surface area contributed by atoms with Crippen molar-refractivity contribution in [2.75, 3.05) is 26.7 Å². The van der Waals surface area contributed by atoms with Gasteiger partial charge in [0.05, 0.1) is 7.11 Å². The van der Waals surface area contributed by atoms with Crippen molar-refractivity contribution in [3.63, 3.8) is 0 Å². The summed E-state index contributed by atoms with van der Waals surface area (Å²) in [4.78, 5) is 2.07. The Morgan fingerprint density at radius 2 is 1.89 bits per heavy atom. The molecule has 4 nitrogen and oxygen atoms in total. The Labute approximate surface area is 110 Å². The molecule has 1 aromatic carbocycles. The van der Waals surface area contributed by atoms with Crippen LogP contribution >= 0.6 is 0 Å². The molecule has 0 atom stereocenters. The fraction of sp³-hybridized carbons (Fsp3) is 0.571. The van der Waals surface area contributed by atoms with Crippen molar-refractivity contribution >= 4 is 5.69 Å². The molecule has 0 saturated heterocycles. The van der Waals surface area contributed by atoms with Crippen LogP contribution in [0.4, 0.5) is 5.69 Å². The van der Waals surface area contributed by atoms with E-state index in [2.05, 4.69) is 37.2 Å². The monoisotopic (exact) mass is 252 g/mol. The predicted octanol–water partition coefficient (Wildman–Crippen LogP) is 2.86. The van der Waals surface area contributed by atoms with Crippen LogP contribution in [-0.2, 0) is 12.0 Å². The predicted molar refractivity (Wildman–Crippen MR) is 74.5 cm³/mol. The Morgan fingerprint density at radius 1 is 1.28 bits per heavy atom. The highest BCUT2D eigenvalue weighted by atomic mass is 16.5. The van der Waals surface area contributed by atoms with E-state index in [0.29, 0.717) is 11.4 Å². The Hall–Kier alpha value is -1.26. The van der Waals surface area contributed by atoms with E-state index in [0.717, 1.165) is 17.7 Å². The zero-order valence-corrected chi connectivity index (χ0v) is 12.2. The van der Waals surface area contributed by atoms with Gasteiger partial charge in [0.2, 0.25) is 0 Å². The number of rotatable bonds is 4. The van der Waals surface area contributed by atoms with Crippen LogP contribution in [0.3, 0.4) is 0 Å². The molecule has 0 aromatic heterocycles. The van der Waals surface area contributed by atoms with Gasteiger partial charge >= 0.3 is 0 Å². The van der Waals surface area contributed by atoms with Crippen molar-refractivity contribution < 1.29 is 9.94 Å². The fourth-order valence-corrected chi connectivity index (χ4v) is 1.90. The maximum Gasteiger partial charge on any atom is 0.148 e. The van der Waals surface area contributed by atoms with Crippen LogP contribution in [0.2, 0.25) is 0 Å². The normalized spacial score (nSPS) is 11.8. The Morgan fingerprint density at radius 3 is 2.28 bits per heavy atom. The van der Waals surface area contributed by atoms with Crippen molar-refractivity contribution in [1.29, 1.82) is 0 Å². The lowest BCUT2D eigenvalue weighted by atomic mass is 9.85. The van der Waals surface area contributed by atoms with Crippen molar-refractivity contribution in [1.82, 2.24) is 4.90 Å². The molecule has 0 spiro atoms. The van der Waals surface area contributed by atoms with E-state index < -0.39 is 0 Å². The van der Waals surface area contributed by atoms with Gasteiger partial charge in [0, 0.05) is 12.1 Å². The zero-order chi connectivity index (χ0) is 13.9. The van der Waals surface area contributed by atoms with Gasteiger partial charge in [0.15, 0.2) is 0 Å². The van der Waals surface area contributed by atoms with Crippen LogP contribution in [0.1, 0.15) is 31.9 Å². The average Bonchev–Trinajstić information content (AvgIpc) is 2.25. The molecule has 0 bridgehead atoms. The highest BCUT2D eigenvalue weighted by Crippen LogP contribution is 2.35. The summed E-state index contributed by atoms with van der Waals surface area (Å²) in [6.45, 7) is 7.21. The van der Waals surface area contributed by atoms with Crippen molar-refractivity contribution in [2.45, 2.75) is 32.7 Å². The summed E-state index contributed by atoms with van der Waals surface area (Å²) in [6, 6.07) is 4.07. The minimum Gasteiger partial charge on any atom is -0.494 e. The molecule has 102 valence electrons. The van der Waals surface area contributed by atoms with Crippen LogP contribution in [0, 0.1) is 0 Å². The molecule has 0 saturated carbocycles. The van der Waals surface area contributed by atoms with Gasteiger partial charge in [0.1, 0.15) is 11.4 Å². The van der Waals surface area contributed by atoms with Crippen LogP contribution in [0.25, 0.3) is 0 Å². The maximum atomic E-state index is 9.25. The van der Waals surface area contributed by atoms with Crippen LogP contribution in [0.5, 0.6) is 5.75 Å². The van der Waals surface area contributed by atoms with E-state index in [1.165, 1.54) is 0 Å². The smallest absolute Gasteiger partial charge is 0.148 e. The van der Waals surface area contributed by atoms with Gasteiger partial charge in [-0.3, -0.25) is 10.7 Å². The van der Waals surface area contributed by atoms with Gasteiger partial charge in [-0.25, -0.2) is 0 Å². The molecular weight excluding hydrogens is 228 g/mol. The minimum atomic E-state index is 0.0267. The third-order valence-corrected chi connectivity index (χ3v) is 2.84. The lowest BCUT2D eigenvalue weighted by Gasteiger charge is -2.24. The molecule has 0 fully saturated rings. The summed E-state index contributed by atoms with van der Waals surface area (Å²) in [5, 5.41) is 9.25. The molecule has 0 aliphatic carbocycles. The number of ether oxygens (including phenoxy) is 1. The SMILES string of the molecule is COc1c(CN(C)C)cc(C(C)(C)C)cc1NO. The molecule has 18 heavy (non-hydrogen) atoms. The largest absolute Gasteiger partial charge is 0.494 e. The van der Waals surface area contributed by atoms with E-state index in [-0.39, 0.29) is 5.41 Å². The van der Waals surface area contributed by atoms with E-state index in [4.69, 9.17) is 4.74 Å². The fourth-order valence-electron chi connectivity index (χ4n) is 1.90. The summed E-state index contributed by atoms with van der Waals surface area (Å²) in [5.41, 5.74) is 5.09. The summed E-state index contributed by atoms with van der Waals surface area (Å²) >= 11 is 0. The molecule has 0 unspecified atom stereocenters. The second-order valence-electron chi connectivity index (χ2n) is 5.82. The molecule has 0 amide bonds. The van der Waals surface area contributed by atoms with E-state index in [9.17, 15) is 5.21 Å². The van der Waals surface area contributed by atoms with Crippen molar-refractivity contribution in [3.8, 4) is 5.75 Å². The van der Waals surface area contributed by atoms with Crippen LogP contribution in [-0.4, -0.2) is 31.3 Å². The lowest BCUT2D eigenvalue weighted by Crippen LogP contribution is -2.16. The van der Waals surface area contributed by atoms with E-state index >= 15 is 0 Å². The third-order valence-electron chi connectivity index (χ3n) is 2.84. The van der Waals surface area contributed by atoms with Crippen molar-refractivity contribution in [2.24, 2.45) is 0 Å². The highest BCUT2D eigenvalue weighted by molar-refractivity contribution is 5.61. The standard InChI is InChI=1S/C14H24N2O2/c1-14(2,3)11-7-10(9-16(4)5)13(18-6)12(8-11)15-17/h7-8,15,17H,9H2,1-6H3. The van der Waals surface area contributed by atoms with Crippen LogP contribution in [0.15, 0.2) is 12.1 Å². The summed E-state index contributed by atoms with van der Waals surface area (Å²) in [7, 11) is 5.64. The Kier molecular flexibility index (Phi) is 4.59. The average molecular weight is 252 g/mol. The quantitative estimate of drug-likeness (QED) is 0.809. The summed E-state index contributed by atoms with van der Waals surface area (Å²) < 4.78 is 5.39. The van der Waals surface area contributed by atoms with Crippen LogP contribution < -0.4 is 10.2 Å². The van der Waals surface area contributed by atoms with E-state index in [1.54, 1.807) is 7.11 Å². The molecule has 4 heteroatoms. The maximum absolute atomic E-state index is 9.25. The molecule has 1 rings (SSSR count). The first-order valence-corrected chi connectivity index (χ1v) is 6.05. The highest BCUT2D eigenvalue weighted by Gasteiger charge is 2.19. The second kappa shape index (κ2) is 5.59. The Bertz CT molecular complexity index is 409. The van der Waals surface area contributed by atoms with Gasteiger partial charge in [0.25, 0.3) is 0 Å². The van der Waals surface area contributed by atoms with Gasteiger partial charge in [-0.1, -0.05) is 26.8 Å². The zero-order valence-electron chi connectivity index (χ0n) is 12.2. The first-order valence-electron chi connectivity index (χ1n) is 6.05. The second-order valence-corrected chi connectivity index (χ2v) is 5.82. The molecule has 1 aromatic rings. The van der Waals surface area contributed by atoms with Gasteiger partial charge in [-0.15, -0.1) is 0 Å². The van der Waals surface area contributed by atoms with Gasteiger partial charge < -0.3 is 9.64 Å². The number of nitrogens with zero attached hydrogens (tertiary/aromatic N) is 1. The third kappa shape index (κ3) is 3.37. The molecule has 0 aliphatic rings. The minimum absolute atomic E-state index is 0.0267. The number of nitrogens with one attached hydrogen (secondary N) is 1. The summed E-state index contributed by atoms with van der Waals surface area (Å²) in [6.07, 6.45) is 0.